The second kappa shape index (κ2) is 10.9. The number of nitrogens with one attached hydrogen (secondary N) is 1. The first kappa shape index (κ1) is 22.0. The highest BCUT2D eigenvalue weighted by molar-refractivity contribution is 5.80. The third kappa shape index (κ3) is 5.33. The van der Waals surface area contributed by atoms with Crippen molar-refractivity contribution in [3.8, 4) is 11.6 Å². The van der Waals surface area contributed by atoms with Crippen LogP contribution in [0.15, 0.2) is 64.2 Å². The number of hydrogen-bond acceptors (Lipinski definition) is 5. The summed E-state index contributed by atoms with van der Waals surface area (Å²) in [5, 5.41) is 7.56. The highest BCUT2D eigenvalue weighted by Gasteiger charge is 2.30. The van der Waals surface area contributed by atoms with E-state index in [9.17, 15) is 0 Å². The molecule has 0 saturated carbocycles. The van der Waals surface area contributed by atoms with E-state index in [-0.39, 0.29) is 0 Å². The number of aromatic nitrogens is 3. The Labute approximate surface area is 190 Å². The second-order valence-corrected chi connectivity index (χ2v) is 8.14. The van der Waals surface area contributed by atoms with Crippen LogP contribution >= 0.6 is 0 Å². The number of hydrogen-bond donors (Lipinski definition) is 1. The molecule has 168 valence electrons. The van der Waals surface area contributed by atoms with Gasteiger partial charge in [-0.15, -0.1) is 0 Å². The van der Waals surface area contributed by atoms with Crippen LogP contribution in [0.5, 0.6) is 0 Å². The molecule has 1 fully saturated rings. The molecule has 3 heterocycles. The molecule has 0 spiro atoms. The zero-order valence-electron chi connectivity index (χ0n) is 18.9. The SMILES string of the molecule is CCNC(=NCCc1noc(-c2ccccn2)n1)N1CCC(c2ccccc2)C(CC)C1. The van der Waals surface area contributed by atoms with Gasteiger partial charge in [0.15, 0.2) is 11.8 Å². The van der Waals surface area contributed by atoms with Crippen molar-refractivity contribution in [1.29, 1.82) is 0 Å². The fourth-order valence-corrected chi connectivity index (χ4v) is 4.41. The average molecular weight is 433 g/mol. The minimum atomic E-state index is 0.449. The molecular formula is C25H32N6O. The molecule has 2 atom stereocenters. The van der Waals surface area contributed by atoms with Gasteiger partial charge in [0.1, 0.15) is 5.69 Å². The summed E-state index contributed by atoms with van der Waals surface area (Å²) in [6.07, 6.45) is 4.65. The summed E-state index contributed by atoms with van der Waals surface area (Å²) in [5.41, 5.74) is 2.15. The summed E-state index contributed by atoms with van der Waals surface area (Å²) >= 11 is 0. The van der Waals surface area contributed by atoms with Crippen molar-refractivity contribution < 1.29 is 4.52 Å². The molecule has 32 heavy (non-hydrogen) atoms. The Bertz CT molecular complexity index is 988. The predicted molar refractivity (Wildman–Crippen MR) is 126 cm³/mol. The van der Waals surface area contributed by atoms with E-state index in [0.717, 1.165) is 38.4 Å². The quantitative estimate of drug-likeness (QED) is 0.446. The molecule has 7 nitrogen and oxygen atoms in total. The van der Waals surface area contributed by atoms with Gasteiger partial charge in [-0.05, 0) is 42.9 Å². The number of rotatable bonds is 7. The Kier molecular flexibility index (Phi) is 7.48. The number of nitrogens with zero attached hydrogens (tertiary/aromatic N) is 5. The standard InChI is InChI=1S/C25H32N6O/c1-3-19-18-31(17-14-21(19)20-10-6-5-7-11-20)25(26-4-2)28-16-13-23-29-24(32-30-23)22-12-8-9-15-27-22/h5-12,15,19,21H,3-4,13-14,16-18H2,1-2H3,(H,26,28). The molecule has 1 aliphatic heterocycles. The fourth-order valence-electron chi connectivity index (χ4n) is 4.41. The molecule has 0 radical (unpaired) electrons. The summed E-state index contributed by atoms with van der Waals surface area (Å²) in [6, 6.07) is 16.6. The highest BCUT2D eigenvalue weighted by atomic mass is 16.5. The summed E-state index contributed by atoms with van der Waals surface area (Å²) in [4.78, 5) is 16.0. The number of pyridine rings is 1. The lowest BCUT2D eigenvalue weighted by Crippen LogP contribution is -2.48. The number of likely N-dealkylation sites (tertiary alicyclic amines) is 1. The summed E-state index contributed by atoms with van der Waals surface area (Å²) < 4.78 is 5.36. The molecule has 0 amide bonds. The largest absolute Gasteiger partial charge is 0.357 e. The van der Waals surface area contributed by atoms with Crippen LogP contribution in [-0.4, -0.2) is 52.2 Å². The molecular weight excluding hydrogens is 400 g/mol. The Balaban J connectivity index is 1.38. The molecule has 1 aromatic carbocycles. The van der Waals surface area contributed by atoms with E-state index in [1.54, 1.807) is 6.20 Å². The van der Waals surface area contributed by atoms with Crippen LogP contribution in [0.2, 0.25) is 0 Å². The van der Waals surface area contributed by atoms with Gasteiger partial charge in [-0.25, -0.2) is 0 Å². The van der Waals surface area contributed by atoms with Crippen LogP contribution in [0.1, 0.15) is 44.0 Å². The molecule has 0 bridgehead atoms. The van der Waals surface area contributed by atoms with Crippen molar-refractivity contribution in [3.63, 3.8) is 0 Å². The topological polar surface area (TPSA) is 79.4 Å². The number of aliphatic imine (C=N–C) groups is 1. The molecule has 2 unspecified atom stereocenters. The predicted octanol–water partition coefficient (Wildman–Crippen LogP) is 4.16. The minimum Gasteiger partial charge on any atom is -0.357 e. The fraction of sp³-hybridized carbons (Fsp3) is 0.440. The van der Waals surface area contributed by atoms with E-state index in [1.807, 2.05) is 18.2 Å². The van der Waals surface area contributed by atoms with Crippen LogP contribution in [0, 0.1) is 5.92 Å². The van der Waals surface area contributed by atoms with E-state index in [2.05, 4.69) is 69.5 Å². The Morgan fingerprint density at radius 3 is 2.75 bits per heavy atom. The first-order valence-corrected chi connectivity index (χ1v) is 11.6. The normalized spacial score (nSPS) is 19.2. The summed E-state index contributed by atoms with van der Waals surface area (Å²) in [6.45, 7) is 7.90. The molecule has 3 aromatic rings. The second-order valence-electron chi connectivity index (χ2n) is 8.14. The van der Waals surface area contributed by atoms with Crippen LogP contribution in [0.3, 0.4) is 0 Å². The van der Waals surface area contributed by atoms with E-state index in [4.69, 9.17) is 9.52 Å². The van der Waals surface area contributed by atoms with Gasteiger partial charge in [0.05, 0.1) is 0 Å². The number of piperidine rings is 1. The van der Waals surface area contributed by atoms with Crippen molar-refractivity contribution in [2.24, 2.45) is 10.9 Å². The molecule has 2 aromatic heterocycles. The van der Waals surface area contributed by atoms with E-state index in [1.165, 1.54) is 5.56 Å². The molecule has 7 heteroatoms. The zero-order valence-corrected chi connectivity index (χ0v) is 18.9. The van der Waals surface area contributed by atoms with Gasteiger partial charge in [-0.3, -0.25) is 9.98 Å². The van der Waals surface area contributed by atoms with Crippen molar-refractivity contribution in [1.82, 2.24) is 25.3 Å². The van der Waals surface area contributed by atoms with E-state index >= 15 is 0 Å². The van der Waals surface area contributed by atoms with Crippen molar-refractivity contribution >= 4 is 5.96 Å². The van der Waals surface area contributed by atoms with E-state index in [0.29, 0.717) is 42.2 Å². The Hall–Kier alpha value is -3.22. The third-order valence-electron chi connectivity index (χ3n) is 6.07. The minimum absolute atomic E-state index is 0.449. The number of benzene rings is 1. The first-order valence-electron chi connectivity index (χ1n) is 11.6. The molecule has 0 aliphatic carbocycles. The zero-order chi connectivity index (χ0) is 22.2. The monoisotopic (exact) mass is 432 g/mol. The molecule has 1 aliphatic rings. The Morgan fingerprint density at radius 1 is 1.16 bits per heavy atom. The van der Waals surface area contributed by atoms with Gasteiger partial charge in [0, 0.05) is 38.8 Å². The third-order valence-corrected chi connectivity index (χ3v) is 6.07. The average Bonchev–Trinajstić information content (AvgIpc) is 3.33. The van der Waals surface area contributed by atoms with Crippen LogP contribution in [0.25, 0.3) is 11.6 Å². The van der Waals surface area contributed by atoms with Gasteiger partial charge in [0.2, 0.25) is 0 Å². The van der Waals surface area contributed by atoms with Gasteiger partial charge in [0.25, 0.3) is 5.89 Å². The summed E-state index contributed by atoms with van der Waals surface area (Å²) in [5.74, 6) is 3.31. The van der Waals surface area contributed by atoms with Crippen molar-refractivity contribution in [2.75, 3.05) is 26.2 Å². The van der Waals surface area contributed by atoms with Gasteiger partial charge >= 0.3 is 0 Å². The lowest BCUT2D eigenvalue weighted by molar-refractivity contribution is 0.215. The maximum absolute atomic E-state index is 5.36. The van der Waals surface area contributed by atoms with Gasteiger partial charge in [-0.2, -0.15) is 4.98 Å². The van der Waals surface area contributed by atoms with Crippen LogP contribution in [-0.2, 0) is 6.42 Å². The van der Waals surface area contributed by atoms with Crippen LogP contribution in [0.4, 0.5) is 0 Å². The first-order chi connectivity index (χ1) is 15.8. The van der Waals surface area contributed by atoms with Gasteiger partial charge < -0.3 is 14.7 Å². The van der Waals surface area contributed by atoms with E-state index < -0.39 is 0 Å². The summed E-state index contributed by atoms with van der Waals surface area (Å²) in [7, 11) is 0. The lowest BCUT2D eigenvalue weighted by Gasteiger charge is -2.40. The smallest absolute Gasteiger partial charge is 0.276 e. The van der Waals surface area contributed by atoms with Crippen LogP contribution < -0.4 is 5.32 Å². The lowest BCUT2D eigenvalue weighted by atomic mass is 9.79. The molecule has 4 rings (SSSR count). The molecule has 1 N–H and O–H groups in total. The highest BCUT2D eigenvalue weighted by Crippen LogP contribution is 2.34. The maximum Gasteiger partial charge on any atom is 0.276 e. The Morgan fingerprint density at radius 2 is 2.00 bits per heavy atom. The van der Waals surface area contributed by atoms with Crippen molar-refractivity contribution in [3.05, 3.63) is 66.1 Å². The van der Waals surface area contributed by atoms with Gasteiger partial charge in [-0.1, -0.05) is 54.9 Å². The number of guanidine groups is 1. The molecule has 1 saturated heterocycles. The maximum atomic E-state index is 5.36. The van der Waals surface area contributed by atoms with Crippen molar-refractivity contribution in [2.45, 2.75) is 39.0 Å².